The molecule has 23 heavy (non-hydrogen) atoms. The molecule has 0 spiro atoms. The highest BCUT2D eigenvalue weighted by Crippen LogP contribution is 2.23. The highest BCUT2D eigenvalue weighted by molar-refractivity contribution is 5.77. The molecule has 0 aliphatic heterocycles. The van der Waals surface area contributed by atoms with Gasteiger partial charge in [0.05, 0.1) is 0 Å². The molecule has 1 N–H and O–H groups in total. The predicted octanol–water partition coefficient (Wildman–Crippen LogP) is 3.66. The van der Waals surface area contributed by atoms with E-state index in [4.69, 9.17) is 4.52 Å². The Labute approximate surface area is 137 Å². The Hall–Kier alpha value is -2.17. The lowest BCUT2D eigenvalue weighted by molar-refractivity contribution is -0.123. The SMILES string of the molecule is CCCc1nc(C(NC(=O)CC(C)(C)C)c2ccccc2)no1. The van der Waals surface area contributed by atoms with Crippen LogP contribution in [0.4, 0.5) is 0 Å². The molecule has 0 bridgehead atoms. The Morgan fingerprint density at radius 2 is 1.96 bits per heavy atom. The summed E-state index contributed by atoms with van der Waals surface area (Å²) in [6, 6.07) is 9.34. The minimum atomic E-state index is -0.389. The van der Waals surface area contributed by atoms with Gasteiger partial charge in [-0.05, 0) is 17.4 Å². The first kappa shape index (κ1) is 17.2. The number of benzene rings is 1. The van der Waals surface area contributed by atoms with E-state index in [0.717, 1.165) is 18.4 Å². The largest absolute Gasteiger partial charge is 0.342 e. The Morgan fingerprint density at radius 3 is 2.57 bits per heavy atom. The molecule has 1 aromatic heterocycles. The minimum Gasteiger partial charge on any atom is -0.342 e. The summed E-state index contributed by atoms with van der Waals surface area (Å²) in [6.07, 6.45) is 2.12. The first-order valence-corrected chi connectivity index (χ1v) is 8.06. The van der Waals surface area contributed by atoms with Gasteiger partial charge in [-0.2, -0.15) is 4.98 Å². The number of hydrogen-bond acceptors (Lipinski definition) is 4. The molecule has 124 valence electrons. The van der Waals surface area contributed by atoms with Crippen molar-refractivity contribution in [1.29, 1.82) is 0 Å². The van der Waals surface area contributed by atoms with E-state index >= 15 is 0 Å². The summed E-state index contributed by atoms with van der Waals surface area (Å²) in [6.45, 7) is 8.18. The average Bonchev–Trinajstić information content (AvgIpc) is 2.93. The molecule has 0 aliphatic rings. The third-order valence-corrected chi connectivity index (χ3v) is 3.33. The summed E-state index contributed by atoms with van der Waals surface area (Å²) in [4.78, 5) is 16.8. The van der Waals surface area contributed by atoms with Crippen molar-refractivity contribution < 1.29 is 9.32 Å². The maximum absolute atomic E-state index is 12.4. The fourth-order valence-corrected chi connectivity index (χ4v) is 2.34. The van der Waals surface area contributed by atoms with Crippen LogP contribution in [0, 0.1) is 5.41 Å². The van der Waals surface area contributed by atoms with Crippen molar-refractivity contribution in [1.82, 2.24) is 15.5 Å². The second kappa shape index (κ2) is 7.40. The maximum Gasteiger partial charge on any atom is 0.226 e. The molecule has 5 heteroatoms. The Balaban J connectivity index is 2.23. The number of aromatic nitrogens is 2. The molecular formula is C18H25N3O2. The summed E-state index contributed by atoms with van der Waals surface area (Å²) in [5.74, 6) is 1.09. The van der Waals surface area contributed by atoms with E-state index in [2.05, 4.69) is 22.4 Å². The molecule has 1 aromatic carbocycles. The predicted molar refractivity (Wildman–Crippen MR) is 88.8 cm³/mol. The van der Waals surface area contributed by atoms with E-state index in [1.54, 1.807) is 0 Å². The van der Waals surface area contributed by atoms with E-state index in [1.165, 1.54) is 0 Å². The van der Waals surface area contributed by atoms with Crippen LogP contribution in [0.5, 0.6) is 0 Å². The molecule has 2 aromatic rings. The molecule has 1 amide bonds. The molecular weight excluding hydrogens is 290 g/mol. The fraction of sp³-hybridized carbons (Fsp3) is 0.500. The van der Waals surface area contributed by atoms with Gasteiger partial charge >= 0.3 is 0 Å². The van der Waals surface area contributed by atoms with Crippen LogP contribution in [0.3, 0.4) is 0 Å². The van der Waals surface area contributed by atoms with Crippen molar-refractivity contribution in [3.05, 3.63) is 47.6 Å². The van der Waals surface area contributed by atoms with Gasteiger partial charge in [-0.1, -0.05) is 63.2 Å². The van der Waals surface area contributed by atoms with Crippen LogP contribution in [0.15, 0.2) is 34.9 Å². The van der Waals surface area contributed by atoms with Crippen molar-refractivity contribution in [3.63, 3.8) is 0 Å². The molecule has 0 saturated carbocycles. The fourth-order valence-electron chi connectivity index (χ4n) is 2.34. The number of nitrogens with one attached hydrogen (secondary N) is 1. The van der Waals surface area contributed by atoms with Crippen LogP contribution in [0.2, 0.25) is 0 Å². The number of carbonyl (C=O) groups excluding carboxylic acids is 1. The molecule has 0 saturated heterocycles. The Bertz CT molecular complexity index is 629. The van der Waals surface area contributed by atoms with Gasteiger partial charge in [0.2, 0.25) is 11.8 Å². The Morgan fingerprint density at radius 1 is 1.26 bits per heavy atom. The van der Waals surface area contributed by atoms with E-state index < -0.39 is 0 Å². The molecule has 0 radical (unpaired) electrons. The number of nitrogens with zero attached hydrogens (tertiary/aromatic N) is 2. The average molecular weight is 315 g/mol. The first-order valence-electron chi connectivity index (χ1n) is 8.06. The van der Waals surface area contributed by atoms with Gasteiger partial charge < -0.3 is 9.84 Å². The zero-order valence-corrected chi connectivity index (χ0v) is 14.3. The first-order chi connectivity index (χ1) is 10.9. The van der Waals surface area contributed by atoms with Crippen molar-refractivity contribution in [2.24, 2.45) is 5.41 Å². The highest BCUT2D eigenvalue weighted by atomic mass is 16.5. The monoisotopic (exact) mass is 315 g/mol. The van der Waals surface area contributed by atoms with E-state index in [0.29, 0.717) is 18.1 Å². The summed E-state index contributed by atoms with van der Waals surface area (Å²) in [5.41, 5.74) is 0.870. The van der Waals surface area contributed by atoms with Gasteiger partial charge in [-0.3, -0.25) is 4.79 Å². The quantitative estimate of drug-likeness (QED) is 0.883. The lowest BCUT2D eigenvalue weighted by Crippen LogP contribution is -2.32. The van der Waals surface area contributed by atoms with Crippen molar-refractivity contribution in [2.75, 3.05) is 0 Å². The van der Waals surface area contributed by atoms with Gasteiger partial charge in [0.25, 0.3) is 0 Å². The smallest absolute Gasteiger partial charge is 0.226 e. The second-order valence-corrected chi connectivity index (χ2v) is 6.94. The molecule has 1 unspecified atom stereocenters. The number of aryl methyl sites for hydroxylation is 1. The van der Waals surface area contributed by atoms with Crippen LogP contribution in [0.25, 0.3) is 0 Å². The van der Waals surface area contributed by atoms with E-state index in [-0.39, 0.29) is 17.4 Å². The minimum absolute atomic E-state index is 0.0202. The van der Waals surface area contributed by atoms with Gasteiger partial charge in [-0.15, -0.1) is 0 Å². The second-order valence-electron chi connectivity index (χ2n) is 6.94. The molecule has 0 aliphatic carbocycles. The lowest BCUT2D eigenvalue weighted by atomic mass is 9.91. The third kappa shape index (κ3) is 5.20. The molecule has 0 fully saturated rings. The van der Waals surface area contributed by atoms with Crippen LogP contribution >= 0.6 is 0 Å². The normalized spacial score (nSPS) is 12.9. The topological polar surface area (TPSA) is 68.0 Å². The highest BCUT2D eigenvalue weighted by Gasteiger charge is 2.24. The van der Waals surface area contributed by atoms with Crippen LogP contribution in [0.1, 0.15) is 63.9 Å². The zero-order valence-electron chi connectivity index (χ0n) is 14.3. The molecule has 1 atom stereocenters. The summed E-state index contributed by atoms with van der Waals surface area (Å²) in [7, 11) is 0. The van der Waals surface area contributed by atoms with Gasteiger partial charge in [0, 0.05) is 12.8 Å². The lowest BCUT2D eigenvalue weighted by Gasteiger charge is -2.21. The van der Waals surface area contributed by atoms with Crippen LogP contribution in [-0.2, 0) is 11.2 Å². The summed E-state index contributed by atoms with van der Waals surface area (Å²) in [5, 5.41) is 7.10. The van der Waals surface area contributed by atoms with Crippen molar-refractivity contribution >= 4 is 5.91 Å². The molecule has 1 heterocycles. The van der Waals surface area contributed by atoms with E-state index in [1.807, 2.05) is 51.1 Å². The standard InChI is InChI=1S/C18H25N3O2/c1-5-9-15-20-17(21-23-15)16(13-10-7-6-8-11-13)19-14(22)12-18(2,3)4/h6-8,10-11,16H,5,9,12H2,1-4H3,(H,19,22). The van der Waals surface area contributed by atoms with Crippen LogP contribution in [-0.4, -0.2) is 16.0 Å². The molecule has 5 nitrogen and oxygen atoms in total. The van der Waals surface area contributed by atoms with E-state index in [9.17, 15) is 4.79 Å². The number of hydrogen-bond donors (Lipinski definition) is 1. The number of carbonyl (C=O) groups is 1. The van der Waals surface area contributed by atoms with Crippen molar-refractivity contribution in [3.8, 4) is 0 Å². The third-order valence-electron chi connectivity index (χ3n) is 3.33. The number of amides is 1. The zero-order chi connectivity index (χ0) is 16.9. The van der Waals surface area contributed by atoms with Crippen molar-refractivity contribution in [2.45, 2.75) is 53.0 Å². The van der Waals surface area contributed by atoms with Crippen LogP contribution < -0.4 is 5.32 Å². The van der Waals surface area contributed by atoms with Gasteiger partial charge in [0.1, 0.15) is 6.04 Å². The maximum atomic E-state index is 12.4. The molecule has 2 rings (SSSR count). The summed E-state index contributed by atoms with van der Waals surface area (Å²) < 4.78 is 5.28. The van der Waals surface area contributed by atoms with Gasteiger partial charge in [0.15, 0.2) is 5.82 Å². The summed E-state index contributed by atoms with van der Waals surface area (Å²) >= 11 is 0. The Kier molecular flexibility index (Phi) is 5.53. The number of rotatable bonds is 6. The van der Waals surface area contributed by atoms with Gasteiger partial charge in [-0.25, -0.2) is 0 Å².